The van der Waals surface area contributed by atoms with Crippen LogP contribution in [0.1, 0.15) is 45.1 Å². The number of halogens is 5. The van der Waals surface area contributed by atoms with Crippen LogP contribution in [0.5, 0.6) is 0 Å². The van der Waals surface area contributed by atoms with Gasteiger partial charge in [-0.1, -0.05) is 44.1 Å². The molecule has 2 rings (SSSR count). The normalized spacial score (nSPS) is 17.4. The van der Waals surface area contributed by atoms with Gasteiger partial charge < -0.3 is 25.8 Å². The summed E-state index contributed by atoms with van der Waals surface area (Å²) in [5.74, 6) is -4.22. The van der Waals surface area contributed by atoms with E-state index in [9.17, 15) is 45.1 Å². The second kappa shape index (κ2) is 16.9. The molecule has 1 aliphatic rings. The standard InChI is InChI=1S/C29H40F5N3O6S/c1-3-5-9-44(41,42)17-25(36-28(40)43-18-29(32,33)34)27(39)37(15-20-8-6-7-19(4-2)10-20)16-26(38)24(35)13-21-11-22(30)14-23(31)12-21/h6-7,10-12,14,20,24-26,38H,3-5,8-9,13,15-18,35H2,1-2H3,(H,36,40)/t20?,24-,25-,26+/m0/s1. The van der Waals surface area contributed by atoms with Crippen LogP contribution >= 0.6 is 0 Å². The number of ether oxygens (including phenoxy) is 1. The van der Waals surface area contributed by atoms with Crippen LogP contribution in [0, 0.1) is 17.6 Å². The number of hydrogen-bond acceptors (Lipinski definition) is 7. The smallest absolute Gasteiger partial charge is 0.422 e. The zero-order chi connectivity index (χ0) is 33.1. The summed E-state index contributed by atoms with van der Waals surface area (Å²) in [6.45, 7) is 1.17. The Morgan fingerprint density at radius 1 is 1.18 bits per heavy atom. The van der Waals surface area contributed by atoms with Crippen LogP contribution in [0.4, 0.5) is 26.7 Å². The summed E-state index contributed by atoms with van der Waals surface area (Å²) in [6, 6.07) is -0.220. The molecule has 0 aliphatic heterocycles. The molecule has 0 saturated heterocycles. The number of carbonyl (C=O) groups is 2. The summed E-state index contributed by atoms with van der Waals surface area (Å²) in [5, 5.41) is 12.9. The van der Waals surface area contributed by atoms with E-state index < -0.39 is 76.7 Å². The lowest BCUT2D eigenvalue weighted by Gasteiger charge is -2.33. The number of sulfone groups is 1. The summed E-state index contributed by atoms with van der Waals surface area (Å²) >= 11 is 0. The molecule has 0 heterocycles. The van der Waals surface area contributed by atoms with Crippen molar-refractivity contribution in [3.63, 3.8) is 0 Å². The number of unbranched alkanes of at least 4 members (excludes halogenated alkanes) is 1. The van der Waals surface area contributed by atoms with E-state index >= 15 is 0 Å². The fraction of sp³-hybridized carbons (Fsp3) is 0.586. The monoisotopic (exact) mass is 653 g/mol. The Hall–Kier alpha value is -3.04. The highest BCUT2D eigenvalue weighted by Crippen LogP contribution is 2.21. The lowest BCUT2D eigenvalue weighted by atomic mass is 9.94. The number of alkyl carbamates (subject to hydrolysis) is 1. The molecule has 44 heavy (non-hydrogen) atoms. The van der Waals surface area contributed by atoms with Gasteiger partial charge in [-0.2, -0.15) is 13.2 Å². The van der Waals surface area contributed by atoms with Crippen LogP contribution in [0.3, 0.4) is 0 Å². The van der Waals surface area contributed by atoms with Gasteiger partial charge in [-0.3, -0.25) is 4.79 Å². The minimum atomic E-state index is -4.86. The molecular formula is C29H40F5N3O6S. The van der Waals surface area contributed by atoms with Gasteiger partial charge in [0.25, 0.3) is 0 Å². The molecule has 2 amide bonds. The number of aliphatic hydroxyl groups is 1. The number of amides is 2. The van der Waals surface area contributed by atoms with Crippen molar-refractivity contribution in [1.82, 2.24) is 10.2 Å². The number of aliphatic hydroxyl groups excluding tert-OH is 1. The number of benzene rings is 1. The third-order valence-corrected chi connectivity index (χ3v) is 8.63. The topological polar surface area (TPSA) is 139 Å². The van der Waals surface area contributed by atoms with Gasteiger partial charge in [-0.25, -0.2) is 22.0 Å². The summed E-state index contributed by atoms with van der Waals surface area (Å²) in [5.41, 5.74) is 7.23. The molecule has 4 atom stereocenters. The SMILES string of the molecule is CCCCS(=O)(=O)C[C@H](NC(=O)OCC(F)(F)F)C(=O)N(CC1C=C(CC)C=CC1)C[C@@H](O)[C@@H](N)Cc1cc(F)cc(F)c1. The molecule has 1 unspecified atom stereocenters. The van der Waals surface area contributed by atoms with Crippen LogP contribution < -0.4 is 11.1 Å². The Morgan fingerprint density at radius 2 is 1.84 bits per heavy atom. The molecule has 248 valence electrons. The molecule has 0 radical (unpaired) electrons. The Balaban J connectivity index is 2.36. The van der Waals surface area contributed by atoms with Crippen LogP contribution in [-0.2, 0) is 25.8 Å². The second-order valence-corrected chi connectivity index (χ2v) is 13.0. The van der Waals surface area contributed by atoms with Crippen LogP contribution in [-0.4, -0.2) is 86.0 Å². The molecule has 0 fully saturated rings. The minimum absolute atomic E-state index is 0.0597. The molecule has 0 bridgehead atoms. The first-order valence-corrected chi connectivity index (χ1v) is 16.1. The largest absolute Gasteiger partial charge is 0.440 e. The van der Waals surface area contributed by atoms with Gasteiger partial charge in [0, 0.05) is 25.2 Å². The predicted molar refractivity (Wildman–Crippen MR) is 154 cm³/mol. The Morgan fingerprint density at radius 3 is 2.43 bits per heavy atom. The molecule has 0 aromatic heterocycles. The number of alkyl halides is 3. The molecule has 0 saturated carbocycles. The summed E-state index contributed by atoms with van der Waals surface area (Å²) < 4.78 is 95.0. The van der Waals surface area contributed by atoms with E-state index in [0.717, 1.165) is 22.6 Å². The van der Waals surface area contributed by atoms with Crippen molar-refractivity contribution in [2.24, 2.45) is 11.7 Å². The predicted octanol–water partition coefficient (Wildman–Crippen LogP) is 3.81. The van der Waals surface area contributed by atoms with Crippen molar-refractivity contribution < 1.29 is 49.8 Å². The zero-order valence-electron chi connectivity index (χ0n) is 24.7. The molecule has 1 aromatic rings. The number of nitrogens with one attached hydrogen (secondary N) is 1. The average Bonchev–Trinajstić information content (AvgIpc) is 2.93. The maximum Gasteiger partial charge on any atom is 0.422 e. The maximum absolute atomic E-state index is 13.8. The third-order valence-electron chi connectivity index (χ3n) is 6.88. The molecule has 1 aliphatic carbocycles. The summed E-state index contributed by atoms with van der Waals surface area (Å²) in [7, 11) is -3.97. The van der Waals surface area contributed by atoms with Gasteiger partial charge in [0.05, 0.1) is 17.6 Å². The van der Waals surface area contributed by atoms with E-state index in [1.807, 2.05) is 30.5 Å². The first-order chi connectivity index (χ1) is 20.5. The van der Waals surface area contributed by atoms with E-state index in [1.54, 1.807) is 6.92 Å². The summed E-state index contributed by atoms with van der Waals surface area (Å²) in [4.78, 5) is 27.2. The van der Waals surface area contributed by atoms with Crippen molar-refractivity contribution in [3.05, 3.63) is 59.2 Å². The highest BCUT2D eigenvalue weighted by molar-refractivity contribution is 7.91. The highest BCUT2D eigenvalue weighted by Gasteiger charge is 2.35. The quantitative estimate of drug-likeness (QED) is 0.231. The fourth-order valence-electron chi connectivity index (χ4n) is 4.65. The van der Waals surface area contributed by atoms with E-state index in [1.165, 1.54) is 0 Å². The Bertz CT molecular complexity index is 1270. The van der Waals surface area contributed by atoms with Gasteiger partial charge >= 0.3 is 12.3 Å². The van der Waals surface area contributed by atoms with Crippen molar-refractivity contribution in [2.45, 2.75) is 70.3 Å². The lowest BCUT2D eigenvalue weighted by Crippen LogP contribution is -2.56. The van der Waals surface area contributed by atoms with Crippen molar-refractivity contribution in [3.8, 4) is 0 Å². The molecule has 15 heteroatoms. The van der Waals surface area contributed by atoms with Crippen molar-refractivity contribution >= 4 is 21.8 Å². The average molecular weight is 654 g/mol. The number of nitrogens with zero attached hydrogens (tertiary/aromatic N) is 1. The zero-order valence-corrected chi connectivity index (χ0v) is 25.5. The number of carbonyl (C=O) groups excluding carboxylic acids is 2. The number of nitrogens with two attached hydrogens (primary N) is 1. The van der Waals surface area contributed by atoms with Gasteiger partial charge in [0.1, 0.15) is 17.7 Å². The third kappa shape index (κ3) is 13.3. The fourth-order valence-corrected chi connectivity index (χ4v) is 6.28. The number of rotatable bonds is 16. The Kier molecular flexibility index (Phi) is 14.2. The molecule has 9 nitrogen and oxygen atoms in total. The Labute approximate surface area is 254 Å². The molecule has 4 N–H and O–H groups in total. The minimum Gasteiger partial charge on any atom is -0.440 e. The van der Waals surface area contributed by atoms with E-state index in [-0.39, 0.29) is 36.6 Å². The number of hydrogen-bond donors (Lipinski definition) is 3. The molecule has 1 aromatic carbocycles. The van der Waals surface area contributed by atoms with Gasteiger partial charge in [0.2, 0.25) is 5.91 Å². The number of allylic oxidation sites excluding steroid dienone is 3. The van der Waals surface area contributed by atoms with Gasteiger partial charge in [0.15, 0.2) is 16.4 Å². The maximum atomic E-state index is 13.8. The highest BCUT2D eigenvalue weighted by atomic mass is 32.2. The van der Waals surface area contributed by atoms with E-state index in [0.29, 0.717) is 25.3 Å². The van der Waals surface area contributed by atoms with E-state index in [4.69, 9.17) is 5.73 Å². The first-order valence-electron chi connectivity index (χ1n) is 14.3. The lowest BCUT2D eigenvalue weighted by molar-refractivity contribution is -0.160. The van der Waals surface area contributed by atoms with E-state index in [2.05, 4.69) is 4.74 Å². The molecule has 0 spiro atoms. The summed E-state index contributed by atoms with van der Waals surface area (Å²) in [6.07, 6.45) is -0.551. The van der Waals surface area contributed by atoms with Crippen molar-refractivity contribution in [2.75, 3.05) is 31.2 Å². The second-order valence-electron chi connectivity index (χ2n) is 10.8. The van der Waals surface area contributed by atoms with Crippen LogP contribution in [0.2, 0.25) is 0 Å². The first kappa shape index (κ1) is 37.1. The molecular weight excluding hydrogens is 613 g/mol. The van der Waals surface area contributed by atoms with Gasteiger partial charge in [-0.15, -0.1) is 0 Å². The van der Waals surface area contributed by atoms with Crippen LogP contribution in [0.25, 0.3) is 0 Å². The van der Waals surface area contributed by atoms with Gasteiger partial charge in [-0.05, 0) is 49.3 Å². The van der Waals surface area contributed by atoms with Crippen molar-refractivity contribution in [1.29, 1.82) is 0 Å². The van der Waals surface area contributed by atoms with Crippen LogP contribution in [0.15, 0.2) is 42.0 Å².